The zero-order valence-corrected chi connectivity index (χ0v) is 12.1. The molecule has 0 spiro atoms. The Morgan fingerprint density at radius 2 is 1.85 bits per heavy atom. The number of para-hydroxylation sites is 1. The fourth-order valence-electron chi connectivity index (χ4n) is 2.21. The first-order valence-corrected chi connectivity index (χ1v) is 7.07. The van der Waals surface area contributed by atoms with E-state index in [1.54, 1.807) is 0 Å². The maximum Gasteiger partial charge on any atom is 0.317 e. The molecule has 1 aromatic carbocycles. The molecule has 0 unspecified atom stereocenters. The van der Waals surface area contributed by atoms with Crippen LogP contribution in [0.5, 0.6) is 5.75 Å². The molecule has 1 fully saturated rings. The molecule has 0 aromatic heterocycles. The summed E-state index contributed by atoms with van der Waals surface area (Å²) in [6, 6.07) is 7.43. The van der Waals surface area contributed by atoms with Gasteiger partial charge in [-0.3, -0.25) is 14.6 Å². The van der Waals surface area contributed by atoms with Crippen molar-refractivity contribution in [1.82, 2.24) is 9.80 Å². The topological polar surface area (TPSA) is 53.0 Å². The van der Waals surface area contributed by atoms with E-state index in [9.17, 15) is 4.79 Å². The van der Waals surface area contributed by atoms with Gasteiger partial charge in [0.2, 0.25) is 0 Å². The van der Waals surface area contributed by atoms with Crippen LogP contribution in [0.3, 0.4) is 0 Å². The lowest BCUT2D eigenvalue weighted by atomic mass is 10.3. The average molecular weight is 299 g/mol. The molecule has 0 atom stereocenters. The van der Waals surface area contributed by atoms with E-state index < -0.39 is 5.97 Å². The molecule has 110 valence electrons. The van der Waals surface area contributed by atoms with Gasteiger partial charge in [-0.25, -0.2) is 0 Å². The molecule has 1 heterocycles. The van der Waals surface area contributed by atoms with Crippen LogP contribution in [0.25, 0.3) is 0 Å². The molecule has 0 bridgehead atoms. The summed E-state index contributed by atoms with van der Waals surface area (Å²) in [4.78, 5) is 14.8. The van der Waals surface area contributed by atoms with Gasteiger partial charge in [0.25, 0.3) is 0 Å². The van der Waals surface area contributed by atoms with E-state index in [2.05, 4.69) is 4.90 Å². The van der Waals surface area contributed by atoms with Gasteiger partial charge in [0.05, 0.1) is 11.6 Å². The number of halogens is 1. The van der Waals surface area contributed by atoms with Crippen LogP contribution in [0.4, 0.5) is 0 Å². The number of hydrogen-bond donors (Lipinski definition) is 1. The van der Waals surface area contributed by atoms with Crippen molar-refractivity contribution < 1.29 is 14.6 Å². The van der Waals surface area contributed by atoms with E-state index >= 15 is 0 Å². The van der Waals surface area contributed by atoms with Gasteiger partial charge >= 0.3 is 5.97 Å². The maximum absolute atomic E-state index is 10.6. The first-order chi connectivity index (χ1) is 9.65. The Morgan fingerprint density at radius 1 is 1.20 bits per heavy atom. The SMILES string of the molecule is O=C(O)CN1CCN(CCOc2ccccc2Cl)CC1. The summed E-state index contributed by atoms with van der Waals surface area (Å²) >= 11 is 6.01. The fraction of sp³-hybridized carbons (Fsp3) is 0.500. The standard InChI is InChI=1S/C14H19ClN2O3/c15-12-3-1-2-4-13(12)20-10-9-16-5-7-17(8-6-16)11-14(18)19/h1-4H,5-11H2,(H,18,19). The number of rotatable bonds is 6. The van der Waals surface area contributed by atoms with E-state index in [-0.39, 0.29) is 6.54 Å². The van der Waals surface area contributed by atoms with Gasteiger partial charge in [0.15, 0.2) is 0 Å². The fourth-order valence-corrected chi connectivity index (χ4v) is 2.40. The second-order valence-corrected chi connectivity index (χ2v) is 5.20. The molecule has 1 aliphatic heterocycles. The highest BCUT2D eigenvalue weighted by molar-refractivity contribution is 6.32. The van der Waals surface area contributed by atoms with Gasteiger partial charge in [-0.05, 0) is 12.1 Å². The van der Waals surface area contributed by atoms with E-state index in [1.807, 2.05) is 29.2 Å². The minimum atomic E-state index is -0.763. The molecule has 0 aliphatic carbocycles. The van der Waals surface area contributed by atoms with Crippen LogP contribution in [-0.4, -0.2) is 66.8 Å². The zero-order valence-electron chi connectivity index (χ0n) is 11.3. The average Bonchev–Trinajstić information content (AvgIpc) is 2.42. The van der Waals surface area contributed by atoms with E-state index in [0.717, 1.165) is 32.7 Å². The molecule has 0 radical (unpaired) electrons. The summed E-state index contributed by atoms with van der Waals surface area (Å²) < 4.78 is 5.65. The molecule has 2 rings (SSSR count). The number of carboxylic acids is 1. The van der Waals surface area contributed by atoms with Crippen LogP contribution in [0.1, 0.15) is 0 Å². The molecule has 1 N–H and O–H groups in total. The quantitative estimate of drug-likeness (QED) is 0.861. The van der Waals surface area contributed by atoms with Gasteiger partial charge in [-0.1, -0.05) is 23.7 Å². The van der Waals surface area contributed by atoms with Crippen molar-refractivity contribution in [3.8, 4) is 5.75 Å². The summed E-state index contributed by atoms with van der Waals surface area (Å²) in [6.45, 7) is 4.87. The third-order valence-electron chi connectivity index (χ3n) is 3.33. The molecule has 1 aliphatic rings. The van der Waals surface area contributed by atoms with Crippen molar-refractivity contribution in [1.29, 1.82) is 0 Å². The molecule has 6 heteroatoms. The Balaban J connectivity index is 1.66. The Kier molecular flexibility index (Phi) is 5.64. The number of nitrogens with zero attached hydrogens (tertiary/aromatic N) is 2. The Bertz CT molecular complexity index is 448. The summed E-state index contributed by atoms with van der Waals surface area (Å²) in [5, 5.41) is 9.36. The molecule has 0 saturated carbocycles. The third kappa shape index (κ3) is 4.67. The number of carbonyl (C=O) groups is 1. The van der Waals surface area contributed by atoms with E-state index in [1.165, 1.54) is 0 Å². The number of carboxylic acid groups (broad SMARTS) is 1. The van der Waals surface area contributed by atoms with E-state index in [0.29, 0.717) is 17.4 Å². The van der Waals surface area contributed by atoms with Crippen molar-refractivity contribution in [3.05, 3.63) is 29.3 Å². The van der Waals surface area contributed by atoms with Crippen LogP contribution >= 0.6 is 11.6 Å². The maximum atomic E-state index is 10.6. The molecule has 5 nitrogen and oxygen atoms in total. The number of hydrogen-bond acceptors (Lipinski definition) is 4. The van der Waals surface area contributed by atoms with Crippen LogP contribution in [-0.2, 0) is 4.79 Å². The second-order valence-electron chi connectivity index (χ2n) is 4.79. The van der Waals surface area contributed by atoms with Gasteiger partial charge in [0, 0.05) is 32.7 Å². The van der Waals surface area contributed by atoms with Crippen LogP contribution < -0.4 is 4.74 Å². The lowest BCUT2D eigenvalue weighted by molar-refractivity contribution is -0.138. The lowest BCUT2D eigenvalue weighted by Gasteiger charge is -2.33. The van der Waals surface area contributed by atoms with Crippen LogP contribution in [0, 0.1) is 0 Å². The van der Waals surface area contributed by atoms with Crippen molar-refractivity contribution in [2.75, 3.05) is 45.9 Å². The Morgan fingerprint density at radius 3 is 2.50 bits per heavy atom. The number of piperazine rings is 1. The molecular formula is C14H19ClN2O3. The summed E-state index contributed by atoms with van der Waals surface area (Å²) in [6.07, 6.45) is 0. The number of benzene rings is 1. The highest BCUT2D eigenvalue weighted by atomic mass is 35.5. The molecule has 0 amide bonds. The highest BCUT2D eigenvalue weighted by Crippen LogP contribution is 2.22. The minimum Gasteiger partial charge on any atom is -0.491 e. The first-order valence-electron chi connectivity index (χ1n) is 6.69. The summed E-state index contributed by atoms with van der Waals surface area (Å²) in [7, 11) is 0. The smallest absolute Gasteiger partial charge is 0.317 e. The molecular weight excluding hydrogens is 280 g/mol. The number of aliphatic carboxylic acids is 1. The van der Waals surface area contributed by atoms with Gasteiger partial charge < -0.3 is 9.84 Å². The van der Waals surface area contributed by atoms with Crippen molar-refractivity contribution in [3.63, 3.8) is 0 Å². The highest BCUT2D eigenvalue weighted by Gasteiger charge is 2.18. The Hall–Kier alpha value is -1.30. The lowest BCUT2D eigenvalue weighted by Crippen LogP contribution is -2.48. The summed E-state index contributed by atoms with van der Waals surface area (Å²) in [5.41, 5.74) is 0. The normalized spacial score (nSPS) is 17.1. The second kappa shape index (κ2) is 7.47. The van der Waals surface area contributed by atoms with Crippen molar-refractivity contribution in [2.24, 2.45) is 0 Å². The van der Waals surface area contributed by atoms with Gasteiger partial charge in [-0.15, -0.1) is 0 Å². The van der Waals surface area contributed by atoms with E-state index in [4.69, 9.17) is 21.4 Å². The third-order valence-corrected chi connectivity index (χ3v) is 3.64. The Labute approximate surface area is 123 Å². The minimum absolute atomic E-state index is 0.129. The largest absolute Gasteiger partial charge is 0.491 e. The van der Waals surface area contributed by atoms with Crippen LogP contribution in [0.15, 0.2) is 24.3 Å². The number of ether oxygens (including phenoxy) is 1. The van der Waals surface area contributed by atoms with Crippen LogP contribution in [0.2, 0.25) is 5.02 Å². The molecule has 20 heavy (non-hydrogen) atoms. The van der Waals surface area contributed by atoms with Crippen molar-refractivity contribution >= 4 is 17.6 Å². The van der Waals surface area contributed by atoms with Gasteiger partial charge in [-0.2, -0.15) is 0 Å². The predicted molar refractivity (Wildman–Crippen MR) is 77.5 cm³/mol. The summed E-state index contributed by atoms with van der Waals surface area (Å²) in [5.74, 6) is -0.0563. The zero-order chi connectivity index (χ0) is 14.4. The predicted octanol–water partition coefficient (Wildman–Crippen LogP) is 1.42. The molecule has 1 aromatic rings. The first kappa shape index (κ1) is 15.1. The van der Waals surface area contributed by atoms with Gasteiger partial charge in [0.1, 0.15) is 12.4 Å². The van der Waals surface area contributed by atoms with Crippen molar-refractivity contribution in [2.45, 2.75) is 0 Å². The monoisotopic (exact) mass is 298 g/mol. The molecule has 1 saturated heterocycles.